The van der Waals surface area contributed by atoms with E-state index in [1.165, 1.54) is 0 Å². The summed E-state index contributed by atoms with van der Waals surface area (Å²) in [6, 6.07) is 2.05. The van der Waals surface area contributed by atoms with Gasteiger partial charge in [0.25, 0.3) is 0 Å². The molecule has 4 nitrogen and oxygen atoms in total. The molecule has 0 saturated heterocycles. The maximum absolute atomic E-state index is 5.48. The van der Waals surface area contributed by atoms with Crippen LogP contribution in [0, 0.1) is 0 Å². The lowest BCUT2D eigenvalue weighted by Gasteiger charge is -2.09. The van der Waals surface area contributed by atoms with E-state index in [0.717, 1.165) is 37.4 Å². The molecule has 0 aliphatic heterocycles. The summed E-state index contributed by atoms with van der Waals surface area (Å²) in [4.78, 5) is 4.14. The van der Waals surface area contributed by atoms with E-state index in [2.05, 4.69) is 35.5 Å². The van der Waals surface area contributed by atoms with Gasteiger partial charge in [-0.1, -0.05) is 0 Å². The highest BCUT2D eigenvalue weighted by Crippen LogP contribution is 2.11. The Morgan fingerprint density at radius 3 is 2.71 bits per heavy atom. The third-order valence-corrected chi connectivity index (χ3v) is 2.38. The van der Waals surface area contributed by atoms with Crippen LogP contribution >= 0.6 is 0 Å². The van der Waals surface area contributed by atoms with Gasteiger partial charge in [0.1, 0.15) is 0 Å². The SMILES string of the molecule is CNc1cncc(NCCCCOC(C)C)c1. The minimum Gasteiger partial charge on any atom is -0.387 e. The standard InChI is InChI=1S/C13H23N3O/c1-11(2)17-7-5-4-6-16-13-8-12(14-3)9-15-10-13/h8-11,14,16H,4-7H2,1-3H3. The Morgan fingerprint density at radius 1 is 1.24 bits per heavy atom. The van der Waals surface area contributed by atoms with Gasteiger partial charge in [-0.15, -0.1) is 0 Å². The van der Waals surface area contributed by atoms with Crippen LogP contribution in [0.25, 0.3) is 0 Å². The number of hydrogen-bond acceptors (Lipinski definition) is 4. The molecule has 96 valence electrons. The van der Waals surface area contributed by atoms with E-state index in [0.29, 0.717) is 6.10 Å². The van der Waals surface area contributed by atoms with E-state index < -0.39 is 0 Å². The molecule has 0 aliphatic rings. The van der Waals surface area contributed by atoms with Crippen LogP contribution in [0.5, 0.6) is 0 Å². The number of hydrogen-bond donors (Lipinski definition) is 2. The van der Waals surface area contributed by atoms with Crippen molar-refractivity contribution >= 4 is 11.4 Å². The summed E-state index contributed by atoms with van der Waals surface area (Å²) in [5, 5.41) is 6.42. The molecule has 1 rings (SSSR count). The largest absolute Gasteiger partial charge is 0.387 e. The third-order valence-electron chi connectivity index (χ3n) is 2.38. The first-order valence-corrected chi connectivity index (χ1v) is 6.20. The molecule has 0 fully saturated rings. The van der Waals surface area contributed by atoms with Gasteiger partial charge in [0.05, 0.1) is 29.9 Å². The van der Waals surface area contributed by atoms with Crippen LogP contribution < -0.4 is 10.6 Å². The molecule has 0 aromatic carbocycles. The number of rotatable bonds is 8. The van der Waals surface area contributed by atoms with Gasteiger partial charge >= 0.3 is 0 Å². The molecule has 0 bridgehead atoms. The topological polar surface area (TPSA) is 46.2 Å². The van der Waals surface area contributed by atoms with E-state index in [9.17, 15) is 0 Å². The summed E-state index contributed by atoms with van der Waals surface area (Å²) in [5.41, 5.74) is 2.08. The number of unbranched alkanes of at least 4 members (excludes halogenated alkanes) is 1. The molecule has 0 saturated carbocycles. The van der Waals surface area contributed by atoms with Crippen molar-refractivity contribution in [1.29, 1.82) is 0 Å². The van der Waals surface area contributed by atoms with Crippen molar-refractivity contribution in [3.63, 3.8) is 0 Å². The summed E-state index contributed by atoms with van der Waals surface area (Å²) in [5.74, 6) is 0. The Morgan fingerprint density at radius 2 is 2.00 bits per heavy atom. The van der Waals surface area contributed by atoms with Gasteiger partial charge in [0.15, 0.2) is 0 Å². The second-order valence-corrected chi connectivity index (χ2v) is 4.27. The molecule has 0 unspecified atom stereocenters. The van der Waals surface area contributed by atoms with Crippen LogP contribution in [0.15, 0.2) is 18.5 Å². The molecule has 0 aliphatic carbocycles. The Bertz CT molecular complexity index is 315. The van der Waals surface area contributed by atoms with Crippen LogP contribution in [-0.4, -0.2) is 31.3 Å². The van der Waals surface area contributed by atoms with Crippen molar-refractivity contribution < 1.29 is 4.74 Å². The number of nitrogens with zero attached hydrogens (tertiary/aromatic N) is 1. The van der Waals surface area contributed by atoms with Crippen molar-refractivity contribution in [1.82, 2.24) is 4.98 Å². The average Bonchev–Trinajstić information content (AvgIpc) is 2.33. The zero-order chi connectivity index (χ0) is 12.5. The van der Waals surface area contributed by atoms with E-state index >= 15 is 0 Å². The lowest BCUT2D eigenvalue weighted by Crippen LogP contribution is -2.07. The van der Waals surface area contributed by atoms with Gasteiger partial charge in [0, 0.05) is 20.2 Å². The monoisotopic (exact) mass is 237 g/mol. The first kappa shape index (κ1) is 13.8. The van der Waals surface area contributed by atoms with E-state index in [-0.39, 0.29) is 0 Å². The first-order valence-electron chi connectivity index (χ1n) is 6.20. The summed E-state index contributed by atoms with van der Waals surface area (Å²) in [6.45, 7) is 5.92. The van der Waals surface area contributed by atoms with Gasteiger partial charge in [-0.05, 0) is 32.8 Å². The van der Waals surface area contributed by atoms with Crippen molar-refractivity contribution in [2.24, 2.45) is 0 Å². The summed E-state index contributed by atoms with van der Waals surface area (Å²) in [6.07, 6.45) is 6.17. The number of aromatic nitrogens is 1. The van der Waals surface area contributed by atoms with E-state index in [1.807, 2.05) is 19.4 Å². The molecule has 0 radical (unpaired) electrons. The zero-order valence-electron chi connectivity index (χ0n) is 11.0. The first-order chi connectivity index (χ1) is 8.22. The van der Waals surface area contributed by atoms with Gasteiger partial charge < -0.3 is 15.4 Å². The molecule has 1 aromatic rings. The van der Waals surface area contributed by atoms with Crippen LogP contribution in [0.2, 0.25) is 0 Å². The maximum Gasteiger partial charge on any atom is 0.0547 e. The molecule has 4 heteroatoms. The minimum atomic E-state index is 0.333. The third kappa shape index (κ3) is 6.12. The molecular formula is C13H23N3O. The minimum absolute atomic E-state index is 0.333. The molecule has 1 heterocycles. The van der Waals surface area contributed by atoms with Crippen molar-refractivity contribution in [2.45, 2.75) is 32.8 Å². The van der Waals surface area contributed by atoms with Crippen molar-refractivity contribution in [3.05, 3.63) is 18.5 Å². The van der Waals surface area contributed by atoms with Gasteiger partial charge in [-0.25, -0.2) is 0 Å². The molecule has 0 atom stereocenters. The molecule has 17 heavy (non-hydrogen) atoms. The molecular weight excluding hydrogens is 214 g/mol. The van der Waals surface area contributed by atoms with Crippen LogP contribution in [0.3, 0.4) is 0 Å². The fourth-order valence-electron chi connectivity index (χ4n) is 1.45. The predicted octanol–water partition coefficient (Wildman–Crippen LogP) is 2.74. The number of pyridine rings is 1. The number of anilines is 2. The van der Waals surface area contributed by atoms with E-state index in [1.54, 1.807) is 0 Å². The van der Waals surface area contributed by atoms with Crippen LogP contribution in [-0.2, 0) is 4.74 Å². The number of nitrogens with one attached hydrogen (secondary N) is 2. The smallest absolute Gasteiger partial charge is 0.0547 e. The maximum atomic E-state index is 5.48. The van der Waals surface area contributed by atoms with Crippen molar-refractivity contribution in [3.8, 4) is 0 Å². The second-order valence-electron chi connectivity index (χ2n) is 4.27. The molecule has 0 spiro atoms. The molecule has 1 aromatic heterocycles. The van der Waals surface area contributed by atoms with Gasteiger partial charge in [0.2, 0.25) is 0 Å². The highest BCUT2D eigenvalue weighted by molar-refractivity contribution is 5.53. The quantitative estimate of drug-likeness (QED) is 0.682. The van der Waals surface area contributed by atoms with Gasteiger partial charge in [-0.2, -0.15) is 0 Å². The second kappa shape index (κ2) is 7.90. The summed E-state index contributed by atoms with van der Waals surface area (Å²) < 4.78 is 5.48. The molecule has 2 N–H and O–H groups in total. The Labute approximate surface area is 104 Å². The fraction of sp³-hybridized carbons (Fsp3) is 0.615. The van der Waals surface area contributed by atoms with Gasteiger partial charge in [-0.3, -0.25) is 4.98 Å². The van der Waals surface area contributed by atoms with Crippen LogP contribution in [0.1, 0.15) is 26.7 Å². The van der Waals surface area contributed by atoms with Crippen molar-refractivity contribution in [2.75, 3.05) is 30.8 Å². The summed E-state index contributed by atoms with van der Waals surface area (Å²) in [7, 11) is 1.89. The number of ether oxygens (including phenoxy) is 1. The van der Waals surface area contributed by atoms with E-state index in [4.69, 9.17) is 4.74 Å². The normalized spacial score (nSPS) is 10.6. The Kier molecular flexibility index (Phi) is 6.40. The van der Waals surface area contributed by atoms with Crippen LogP contribution in [0.4, 0.5) is 11.4 Å². The Hall–Kier alpha value is -1.29. The predicted molar refractivity (Wildman–Crippen MR) is 72.6 cm³/mol. The lowest BCUT2D eigenvalue weighted by molar-refractivity contribution is 0.0765. The highest BCUT2D eigenvalue weighted by atomic mass is 16.5. The highest BCUT2D eigenvalue weighted by Gasteiger charge is 1.96. The zero-order valence-corrected chi connectivity index (χ0v) is 11.0. The molecule has 0 amide bonds. The summed E-state index contributed by atoms with van der Waals surface area (Å²) >= 11 is 0. The Balaban J connectivity index is 2.13. The average molecular weight is 237 g/mol. The lowest BCUT2D eigenvalue weighted by atomic mass is 10.3. The fourth-order valence-corrected chi connectivity index (χ4v) is 1.45.